The maximum atomic E-state index is 13.4. The second-order valence-electron chi connectivity index (χ2n) is 5.96. The molecule has 0 aliphatic carbocycles. The van der Waals surface area contributed by atoms with Crippen LogP contribution in [0.1, 0.15) is 0 Å². The Morgan fingerprint density at radius 2 is 1.69 bits per heavy atom. The summed E-state index contributed by atoms with van der Waals surface area (Å²) in [7, 11) is 0. The molecule has 0 spiro atoms. The number of ether oxygens (including phenoxy) is 2. The molecule has 0 saturated heterocycles. The van der Waals surface area contributed by atoms with Gasteiger partial charge in [-0.2, -0.15) is 0 Å². The maximum absolute atomic E-state index is 13.4. The Hall–Kier alpha value is -2.63. The second kappa shape index (κ2) is 9.17. The third-order valence-corrected chi connectivity index (χ3v) is 3.92. The van der Waals surface area contributed by atoms with E-state index in [1.54, 1.807) is 18.2 Å². The van der Waals surface area contributed by atoms with Gasteiger partial charge in [0.15, 0.2) is 11.6 Å². The van der Waals surface area contributed by atoms with Crippen molar-refractivity contribution in [2.45, 2.75) is 6.10 Å². The van der Waals surface area contributed by atoms with Crippen LogP contribution in [0.4, 0.5) is 4.39 Å². The molecule has 0 fully saturated rings. The number of hydrogen-bond donors (Lipinski definition) is 2. The van der Waals surface area contributed by atoms with Gasteiger partial charge in [0.2, 0.25) is 0 Å². The lowest BCUT2D eigenvalue weighted by atomic mass is 10.1. The highest BCUT2D eigenvalue weighted by molar-refractivity contribution is 5.83. The molecule has 3 aromatic rings. The number of halogens is 1. The van der Waals surface area contributed by atoms with Crippen LogP contribution in [0.25, 0.3) is 10.8 Å². The lowest BCUT2D eigenvalue weighted by Crippen LogP contribution is -2.33. The normalized spacial score (nSPS) is 12.1. The standard InChI is InChI=1S/C21H22FNO3/c22-20-7-3-4-8-21(20)25-12-11-23-14-18(24)15-26-19-10-9-16-5-1-2-6-17(16)13-19/h1-10,13,18,23-24H,11-12,14-15H2. The number of nitrogens with one attached hydrogen (secondary N) is 1. The fourth-order valence-corrected chi connectivity index (χ4v) is 2.57. The summed E-state index contributed by atoms with van der Waals surface area (Å²) in [6.07, 6.45) is -0.644. The van der Waals surface area contributed by atoms with Crippen LogP contribution in [0.2, 0.25) is 0 Å². The summed E-state index contributed by atoms with van der Waals surface area (Å²) in [5.74, 6) is 0.580. The topological polar surface area (TPSA) is 50.7 Å². The van der Waals surface area contributed by atoms with Gasteiger partial charge in [-0.15, -0.1) is 0 Å². The van der Waals surface area contributed by atoms with Crippen LogP contribution in [0.5, 0.6) is 11.5 Å². The molecule has 5 heteroatoms. The Kier molecular flexibility index (Phi) is 6.41. The Balaban J connectivity index is 1.35. The number of para-hydroxylation sites is 1. The molecule has 3 aromatic carbocycles. The highest BCUT2D eigenvalue weighted by Crippen LogP contribution is 2.20. The first-order valence-corrected chi connectivity index (χ1v) is 8.60. The molecule has 4 nitrogen and oxygen atoms in total. The SMILES string of the molecule is OC(CNCCOc1ccccc1F)COc1ccc2ccccc2c1. The van der Waals surface area contributed by atoms with Gasteiger partial charge in [-0.1, -0.05) is 42.5 Å². The van der Waals surface area contributed by atoms with E-state index in [0.717, 1.165) is 16.5 Å². The van der Waals surface area contributed by atoms with Crippen molar-refractivity contribution in [2.24, 2.45) is 0 Å². The van der Waals surface area contributed by atoms with Crippen LogP contribution in [0.15, 0.2) is 66.7 Å². The van der Waals surface area contributed by atoms with Crippen LogP contribution in [0, 0.1) is 5.82 Å². The molecular weight excluding hydrogens is 333 g/mol. The molecule has 1 atom stereocenters. The Bertz CT molecular complexity index is 840. The van der Waals surface area contributed by atoms with E-state index in [4.69, 9.17) is 9.47 Å². The third kappa shape index (κ3) is 5.18. The second-order valence-corrected chi connectivity index (χ2v) is 5.96. The first-order chi connectivity index (χ1) is 12.7. The lowest BCUT2D eigenvalue weighted by Gasteiger charge is -2.14. The van der Waals surface area contributed by atoms with E-state index < -0.39 is 6.10 Å². The van der Waals surface area contributed by atoms with Crippen molar-refractivity contribution >= 4 is 10.8 Å². The predicted octanol–water partition coefficient (Wildman–Crippen LogP) is 3.39. The van der Waals surface area contributed by atoms with Gasteiger partial charge in [0, 0.05) is 13.1 Å². The highest BCUT2D eigenvalue weighted by atomic mass is 19.1. The first-order valence-electron chi connectivity index (χ1n) is 8.60. The molecule has 0 bridgehead atoms. The number of aliphatic hydroxyl groups is 1. The van der Waals surface area contributed by atoms with Gasteiger partial charge >= 0.3 is 0 Å². The average molecular weight is 355 g/mol. The van der Waals surface area contributed by atoms with Gasteiger partial charge in [-0.05, 0) is 35.0 Å². The van der Waals surface area contributed by atoms with Gasteiger partial charge in [-0.25, -0.2) is 4.39 Å². The fourth-order valence-electron chi connectivity index (χ4n) is 2.57. The fraction of sp³-hybridized carbons (Fsp3) is 0.238. The van der Waals surface area contributed by atoms with Crippen molar-refractivity contribution in [1.29, 1.82) is 0 Å². The third-order valence-electron chi connectivity index (χ3n) is 3.92. The van der Waals surface area contributed by atoms with E-state index in [9.17, 15) is 9.50 Å². The Morgan fingerprint density at radius 3 is 2.54 bits per heavy atom. The minimum absolute atomic E-state index is 0.194. The van der Waals surface area contributed by atoms with E-state index in [1.165, 1.54) is 6.07 Å². The van der Waals surface area contributed by atoms with Crippen LogP contribution < -0.4 is 14.8 Å². The predicted molar refractivity (Wildman–Crippen MR) is 100 cm³/mol. The molecule has 26 heavy (non-hydrogen) atoms. The Labute approximate surface area is 152 Å². The first kappa shape index (κ1) is 18.2. The van der Waals surface area contributed by atoms with Crippen molar-refractivity contribution < 1.29 is 19.0 Å². The quantitative estimate of drug-likeness (QED) is 0.578. The van der Waals surface area contributed by atoms with E-state index in [-0.39, 0.29) is 18.2 Å². The molecule has 0 radical (unpaired) electrons. The molecule has 0 aromatic heterocycles. The van der Waals surface area contributed by atoms with Gasteiger partial charge < -0.3 is 19.9 Å². The molecule has 0 saturated carbocycles. The minimum Gasteiger partial charge on any atom is -0.491 e. The van der Waals surface area contributed by atoms with E-state index >= 15 is 0 Å². The number of hydrogen-bond acceptors (Lipinski definition) is 4. The van der Waals surface area contributed by atoms with E-state index in [0.29, 0.717) is 19.7 Å². The number of benzene rings is 3. The summed E-state index contributed by atoms with van der Waals surface area (Å²) < 4.78 is 24.4. The van der Waals surface area contributed by atoms with Crippen molar-refractivity contribution in [3.05, 3.63) is 72.5 Å². The molecule has 1 unspecified atom stereocenters. The van der Waals surface area contributed by atoms with E-state index in [2.05, 4.69) is 5.32 Å². The zero-order valence-electron chi connectivity index (χ0n) is 14.4. The number of fused-ring (bicyclic) bond motifs is 1. The molecule has 0 aliphatic heterocycles. The Morgan fingerprint density at radius 1 is 0.923 bits per heavy atom. The van der Waals surface area contributed by atoms with Crippen LogP contribution >= 0.6 is 0 Å². The molecule has 136 valence electrons. The van der Waals surface area contributed by atoms with Crippen molar-refractivity contribution in [2.75, 3.05) is 26.3 Å². The van der Waals surface area contributed by atoms with E-state index in [1.807, 2.05) is 42.5 Å². The molecule has 2 N–H and O–H groups in total. The minimum atomic E-state index is -0.644. The lowest BCUT2D eigenvalue weighted by molar-refractivity contribution is 0.105. The summed E-state index contributed by atoms with van der Waals surface area (Å²) in [6, 6.07) is 20.2. The molecule has 0 aliphatic rings. The van der Waals surface area contributed by atoms with Gasteiger partial charge in [-0.3, -0.25) is 0 Å². The number of rotatable bonds is 9. The van der Waals surface area contributed by atoms with Crippen LogP contribution in [-0.4, -0.2) is 37.5 Å². The largest absolute Gasteiger partial charge is 0.491 e. The maximum Gasteiger partial charge on any atom is 0.165 e. The van der Waals surface area contributed by atoms with Crippen molar-refractivity contribution in [1.82, 2.24) is 5.32 Å². The molecule has 0 amide bonds. The zero-order valence-corrected chi connectivity index (χ0v) is 14.4. The molecule has 0 heterocycles. The monoisotopic (exact) mass is 355 g/mol. The van der Waals surface area contributed by atoms with Gasteiger partial charge in [0.1, 0.15) is 25.1 Å². The smallest absolute Gasteiger partial charge is 0.165 e. The summed E-state index contributed by atoms with van der Waals surface area (Å²) in [5.41, 5.74) is 0. The van der Waals surface area contributed by atoms with Gasteiger partial charge in [0.05, 0.1) is 0 Å². The highest BCUT2D eigenvalue weighted by Gasteiger charge is 2.06. The number of aliphatic hydroxyl groups excluding tert-OH is 1. The van der Waals surface area contributed by atoms with Crippen molar-refractivity contribution in [3.63, 3.8) is 0 Å². The zero-order chi connectivity index (χ0) is 18.2. The summed E-state index contributed by atoms with van der Waals surface area (Å²) >= 11 is 0. The van der Waals surface area contributed by atoms with Crippen LogP contribution in [-0.2, 0) is 0 Å². The average Bonchev–Trinajstić information content (AvgIpc) is 2.67. The molecule has 3 rings (SSSR count). The summed E-state index contributed by atoms with van der Waals surface area (Å²) in [5, 5.41) is 15.3. The van der Waals surface area contributed by atoms with Gasteiger partial charge in [0.25, 0.3) is 0 Å². The molecular formula is C21H22FNO3. The summed E-state index contributed by atoms with van der Waals surface area (Å²) in [6.45, 7) is 1.38. The van der Waals surface area contributed by atoms with Crippen molar-refractivity contribution in [3.8, 4) is 11.5 Å². The van der Waals surface area contributed by atoms with Crippen LogP contribution in [0.3, 0.4) is 0 Å². The summed E-state index contributed by atoms with van der Waals surface area (Å²) in [4.78, 5) is 0.